The van der Waals surface area contributed by atoms with Crippen LogP contribution in [0.25, 0.3) is 10.2 Å². The van der Waals surface area contributed by atoms with Crippen LogP contribution >= 0.6 is 11.3 Å². The van der Waals surface area contributed by atoms with Crippen molar-refractivity contribution in [3.63, 3.8) is 0 Å². The van der Waals surface area contributed by atoms with Crippen LogP contribution < -0.4 is 5.32 Å². The predicted octanol–water partition coefficient (Wildman–Crippen LogP) is 4.31. The summed E-state index contributed by atoms with van der Waals surface area (Å²) in [6.07, 6.45) is 0. The van der Waals surface area contributed by atoms with Gasteiger partial charge in [0.05, 0.1) is 16.8 Å². The molecule has 23 heavy (non-hydrogen) atoms. The first-order valence-corrected chi connectivity index (χ1v) is 8.15. The largest absolute Gasteiger partial charge is 0.380 e. The number of aryl methyl sites for hydroxylation is 2. The van der Waals surface area contributed by atoms with Gasteiger partial charge in [-0.15, -0.1) is 0 Å². The first-order chi connectivity index (χ1) is 11.1. The average Bonchev–Trinajstić information content (AvgIpc) is 2.90. The number of carbonyl (C=O) groups excluding carboxylic acids is 1. The number of rotatable bonds is 4. The van der Waals surface area contributed by atoms with Crippen LogP contribution in [0.5, 0.6) is 0 Å². The van der Waals surface area contributed by atoms with Crippen LogP contribution in [-0.4, -0.2) is 18.0 Å². The molecule has 3 aromatic rings. The predicted molar refractivity (Wildman–Crippen MR) is 94.2 cm³/mol. The molecule has 1 amide bonds. The van der Waals surface area contributed by atoms with Crippen molar-refractivity contribution in [2.75, 3.05) is 12.4 Å². The number of thiazole rings is 1. The number of hydrogen-bond acceptors (Lipinski definition) is 4. The van der Waals surface area contributed by atoms with Gasteiger partial charge in [0.15, 0.2) is 5.13 Å². The highest BCUT2D eigenvalue weighted by Crippen LogP contribution is 2.29. The molecule has 1 N–H and O–H groups in total. The van der Waals surface area contributed by atoms with Crippen LogP contribution in [0.4, 0.5) is 5.13 Å². The molecular formula is C18H18N2O2S. The van der Waals surface area contributed by atoms with E-state index >= 15 is 0 Å². The lowest BCUT2D eigenvalue weighted by Crippen LogP contribution is -2.12. The van der Waals surface area contributed by atoms with Crippen LogP contribution in [0.3, 0.4) is 0 Å². The Morgan fingerprint density at radius 2 is 2.09 bits per heavy atom. The fourth-order valence-electron chi connectivity index (χ4n) is 2.56. The second kappa shape index (κ2) is 6.48. The molecule has 1 aromatic heterocycles. The van der Waals surface area contributed by atoms with Gasteiger partial charge >= 0.3 is 0 Å². The summed E-state index contributed by atoms with van der Waals surface area (Å²) < 4.78 is 6.19. The molecular weight excluding hydrogens is 308 g/mol. The zero-order chi connectivity index (χ0) is 16.4. The Morgan fingerprint density at radius 1 is 1.26 bits per heavy atom. The molecule has 0 aliphatic carbocycles. The van der Waals surface area contributed by atoms with E-state index in [1.807, 2.05) is 25.1 Å². The van der Waals surface area contributed by atoms with E-state index < -0.39 is 0 Å². The molecule has 3 rings (SSSR count). The first kappa shape index (κ1) is 15.6. The molecule has 0 saturated heterocycles. The number of nitrogens with zero attached hydrogens (tertiary/aromatic N) is 1. The van der Waals surface area contributed by atoms with Crippen molar-refractivity contribution in [2.45, 2.75) is 20.5 Å². The number of fused-ring (bicyclic) bond motifs is 1. The lowest BCUT2D eigenvalue weighted by molar-refractivity contribution is 0.102. The molecule has 0 fully saturated rings. The lowest BCUT2D eigenvalue weighted by Gasteiger charge is -2.04. The Kier molecular flexibility index (Phi) is 4.41. The maximum atomic E-state index is 12.4. The fraction of sp³-hybridized carbons (Fsp3) is 0.222. The number of hydrogen-bond donors (Lipinski definition) is 1. The second-order valence-electron chi connectivity index (χ2n) is 5.54. The Hall–Kier alpha value is -2.24. The minimum absolute atomic E-state index is 0.156. The summed E-state index contributed by atoms with van der Waals surface area (Å²) in [5, 5.41) is 3.51. The van der Waals surface area contributed by atoms with Gasteiger partial charge in [-0.1, -0.05) is 29.5 Å². The molecule has 0 bridgehead atoms. The Balaban J connectivity index is 1.85. The first-order valence-electron chi connectivity index (χ1n) is 7.34. The molecule has 0 unspecified atom stereocenters. The molecule has 0 atom stereocenters. The number of anilines is 1. The van der Waals surface area contributed by atoms with Gasteiger partial charge in [-0.05, 0) is 48.7 Å². The van der Waals surface area contributed by atoms with Crippen molar-refractivity contribution in [1.82, 2.24) is 4.98 Å². The molecule has 5 heteroatoms. The van der Waals surface area contributed by atoms with Crippen molar-refractivity contribution >= 4 is 32.6 Å². The number of carbonyl (C=O) groups is 1. The molecule has 0 aliphatic heterocycles. The fourth-order valence-corrected chi connectivity index (χ4v) is 3.60. The smallest absolute Gasteiger partial charge is 0.257 e. The lowest BCUT2D eigenvalue weighted by atomic mass is 10.1. The van der Waals surface area contributed by atoms with Crippen molar-refractivity contribution in [3.05, 3.63) is 58.7 Å². The number of methoxy groups -OCH3 is 1. The van der Waals surface area contributed by atoms with Crippen molar-refractivity contribution in [3.8, 4) is 0 Å². The van der Waals surface area contributed by atoms with Crippen molar-refractivity contribution in [2.24, 2.45) is 0 Å². The quantitative estimate of drug-likeness (QED) is 0.777. The molecule has 0 aliphatic rings. The van der Waals surface area contributed by atoms with Crippen LogP contribution in [-0.2, 0) is 11.3 Å². The van der Waals surface area contributed by atoms with Gasteiger partial charge in [-0.2, -0.15) is 0 Å². The maximum Gasteiger partial charge on any atom is 0.257 e. The summed E-state index contributed by atoms with van der Waals surface area (Å²) in [6.45, 7) is 4.58. The summed E-state index contributed by atoms with van der Waals surface area (Å²) in [5.74, 6) is -0.156. The summed E-state index contributed by atoms with van der Waals surface area (Å²) >= 11 is 1.50. The van der Waals surface area contributed by atoms with Gasteiger partial charge in [-0.3, -0.25) is 10.1 Å². The van der Waals surface area contributed by atoms with E-state index in [1.165, 1.54) is 16.9 Å². The molecule has 2 aromatic carbocycles. The van der Waals surface area contributed by atoms with E-state index in [-0.39, 0.29) is 5.91 Å². The number of aromatic nitrogens is 1. The highest BCUT2D eigenvalue weighted by atomic mass is 32.1. The molecule has 0 saturated carbocycles. The third-order valence-corrected chi connectivity index (χ3v) is 4.47. The van der Waals surface area contributed by atoms with Gasteiger partial charge < -0.3 is 4.74 Å². The van der Waals surface area contributed by atoms with Gasteiger partial charge in [0.2, 0.25) is 0 Å². The Bertz CT molecular complexity index is 871. The molecule has 1 heterocycles. The van der Waals surface area contributed by atoms with Crippen LogP contribution in [0.15, 0.2) is 36.4 Å². The maximum absolute atomic E-state index is 12.4. The normalized spacial score (nSPS) is 10.9. The minimum atomic E-state index is -0.156. The van der Waals surface area contributed by atoms with E-state index in [4.69, 9.17) is 4.74 Å². The van der Waals surface area contributed by atoms with Crippen molar-refractivity contribution in [1.29, 1.82) is 0 Å². The average molecular weight is 326 g/mol. The van der Waals surface area contributed by atoms with E-state index in [1.54, 1.807) is 13.2 Å². The summed E-state index contributed by atoms with van der Waals surface area (Å²) in [4.78, 5) is 17.0. The van der Waals surface area contributed by atoms with Gasteiger partial charge in [0.1, 0.15) is 0 Å². The molecule has 118 valence electrons. The highest BCUT2D eigenvalue weighted by molar-refractivity contribution is 7.22. The van der Waals surface area contributed by atoms with Crippen molar-refractivity contribution < 1.29 is 9.53 Å². The van der Waals surface area contributed by atoms with E-state index in [0.29, 0.717) is 17.3 Å². The third kappa shape index (κ3) is 3.41. The highest BCUT2D eigenvalue weighted by Gasteiger charge is 2.12. The zero-order valence-electron chi connectivity index (χ0n) is 13.3. The number of ether oxygens (including phenoxy) is 1. The van der Waals surface area contributed by atoms with Crippen LogP contribution in [0.1, 0.15) is 27.0 Å². The Morgan fingerprint density at radius 3 is 2.87 bits per heavy atom. The van der Waals surface area contributed by atoms with Gasteiger partial charge in [-0.25, -0.2) is 4.98 Å². The summed E-state index contributed by atoms with van der Waals surface area (Å²) in [7, 11) is 1.64. The molecule has 0 radical (unpaired) electrons. The zero-order valence-corrected chi connectivity index (χ0v) is 14.2. The van der Waals surface area contributed by atoms with Gasteiger partial charge in [0, 0.05) is 12.7 Å². The molecule has 4 nitrogen and oxygen atoms in total. The van der Waals surface area contributed by atoms with Gasteiger partial charge in [0.25, 0.3) is 5.91 Å². The monoisotopic (exact) mass is 326 g/mol. The SMILES string of the molecule is COCc1cccc(C(=O)Nc2nc3c(C)cc(C)cc3s2)c1. The molecule has 0 spiro atoms. The number of amides is 1. The summed E-state index contributed by atoms with van der Waals surface area (Å²) in [6, 6.07) is 11.6. The van der Waals surface area contributed by atoms with E-state index in [0.717, 1.165) is 21.3 Å². The topological polar surface area (TPSA) is 51.2 Å². The van der Waals surface area contributed by atoms with Crippen LogP contribution in [0, 0.1) is 13.8 Å². The second-order valence-corrected chi connectivity index (χ2v) is 6.57. The minimum Gasteiger partial charge on any atom is -0.380 e. The Labute approximate surface area is 139 Å². The standard InChI is InChI=1S/C18H18N2O2S/c1-11-7-12(2)16-15(8-11)23-18(19-16)20-17(21)14-6-4-5-13(9-14)10-22-3/h4-9H,10H2,1-3H3,(H,19,20,21). The number of benzene rings is 2. The number of nitrogens with one attached hydrogen (secondary N) is 1. The third-order valence-electron chi connectivity index (χ3n) is 3.55. The summed E-state index contributed by atoms with van der Waals surface area (Å²) in [5.41, 5.74) is 4.84. The van der Waals surface area contributed by atoms with E-state index in [2.05, 4.69) is 29.4 Å². The van der Waals surface area contributed by atoms with E-state index in [9.17, 15) is 4.79 Å². The van der Waals surface area contributed by atoms with Crippen LogP contribution in [0.2, 0.25) is 0 Å².